The Morgan fingerprint density at radius 3 is 2.11 bits per heavy atom. The van der Waals surface area contributed by atoms with Crippen molar-refractivity contribution < 1.29 is 24.2 Å². The maximum absolute atomic E-state index is 12.3. The summed E-state index contributed by atoms with van der Waals surface area (Å²) in [5.74, 6) is -0.750. The number of hydrogen-bond acceptors (Lipinski definition) is 4. The molecular formula is C28H36N2O5. The van der Waals surface area contributed by atoms with Crippen LogP contribution in [0.2, 0.25) is 0 Å². The van der Waals surface area contributed by atoms with E-state index in [0.29, 0.717) is 19.4 Å². The van der Waals surface area contributed by atoms with Gasteiger partial charge in [-0.3, -0.25) is 9.59 Å². The molecule has 0 radical (unpaired) electrons. The Balaban J connectivity index is 1.37. The van der Waals surface area contributed by atoms with Crippen LogP contribution in [0.25, 0.3) is 11.1 Å². The van der Waals surface area contributed by atoms with Crippen LogP contribution in [0.1, 0.15) is 63.5 Å². The number of hydrogen-bond donors (Lipinski definition) is 3. The summed E-state index contributed by atoms with van der Waals surface area (Å²) in [6.07, 6.45) is 1.19. The molecule has 1 unspecified atom stereocenters. The highest BCUT2D eigenvalue weighted by molar-refractivity contribution is 5.79. The van der Waals surface area contributed by atoms with E-state index < -0.39 is 12.1 Å². The molecule has 2 aromatic rings. The lowest BCUT2D eigenvalue weighted by Gasteiger charge is -2.21. The topological polar surface area (TPSA) is 105 Å². The number of carbonyl (C=O) groups is 3. The molecule has 0 saturated carbocycles. The van der Waals surface area contributed by atoms with Gasteiger partial charge in [0.05, 0.1) is 6.42 Å². The molecule has 0 aliphatic heterocycles. The third-order valence-corrected chi connectivity index (χ3v) is 6.66. The molecule has 2 amide bonds. The average molecular weight is 481 g/mol. The predicted octanol–water partition coefficient (Wildman–Crippen LogP) is 4.95. The van der Waals surface area contributed by atoms with Crippen LogP contribution in [0.15, 0.2) is 48.5 Å². The summed E-state index contributed by atoms with van der Waals surface area (Å²) >= 11 is 0. The van der Waals surface area contributed by atoms with Crippen molar-refractivity contribution in [3.05, 3.63) is 59.7 Å². The van der Waals surface area contributed by atoms with Gasteiger partial charge in [0.1, 0.15) is 6.61 Å². The SMILES string of the molecule is CC(CCNC(=O)OCC1c2ccccc2-c2ccccc21)CCC(=O)N[C@@H](CC(=O)O)C(C)C. The van der Waals surface area contributed by atoms with Crippen molar-refractivity contribution in [3.8, 4) is 11.1 Å². The third kappa shape index (κ3) is 7.31. The van der Waals surface area contributed by atoms with Gasteiger partial charge in [0.15, 0.2) is 0 Å². The van der Waals surface area contributed by atoms with Gasteiger partial charge in [-0.25, -0.2) is 4.79 Å². The van der Waals surface area contributed by atoms with E-state index in [4.69, 9.17) is 9.84 Å². The Kier molecular flexibility index (Phi) is 9.29. The number of benzene rings is 2. The van der Waals surface area contributed by atoms with Crippen molar-refractivity contribution in [1.82, 2.24) is 10.6 Å². The zero-order valence-electron chi connectivity index (χ0n) is 20.8. The zero-order valence-corrected chi connectivity index (χ0v) is 20.8. The minimum atomic E-state index is -0.920. The fourth-order valence-electron chi connectivity index (χ4n) is 4.51. The van der Waals surface area contributed by atoms with Crippen molar-refractivity contribution in [2.75, 3.05) is 13.2 Å². The van der Waals surface area contributed by atoms with Crippen molar-refractivity contribution in [2.24, 2.45) is 11.8 Å². The summed E-state index contributed by atoms with van der Waals surface area (Å²) in [7, 11) is 0. The first-order chi connectivity index (χ1) is 16.8. The summed E-state index contributed by atoms with van der Waals surface area (Å²) in [5.41, 5.74) is 4.74. The van der Waals surface area contributed by atoms with Gasteiger partial charge in [-0.1, -0.05) is 69.3 Å². The van der Waals surface area contributed by atoms with Crippen molar-refractivity contribution in [1.29, 1.82) is 0 Å². The van der Waals surface area contributed by atoms with Crippen LogP contribution >= 0.6 is 0 Å². The Labute approximate surface area is 207 Å². The smallest absolute Gasteiger partial charge is 0.407 e. The monoisotopic (exact) mass is 480 g/mol. The lowest BCUT2D eigenvalue weighted by atomic mass is 9.98. The molecule has 3 rings (SSSR count). The highest BCUT2D eigenvalue weighted by Gasteiger charge is 2.29. The van der Waals surface area contributed by atoms with E-state index in [-0.39, 0.29) is 42.7 Å². The van der Waals surface area contributed by atoms with Crippen LogP contribution in [0, 0.1) is 11.8 Å². The van der Waals surface area contributed by atoms with Gasteiger partial charge < -0.3 is 20.5 Å². The maximum Gasteiger partial charge on any atom is 0.407 e. The van der Waals surface area contributed by atoms with Gasteiger partial charge in [0.2, 0.25) is 5.91 Å². The summed E-state index contributed by atoms with van der Waals surface area (Å²) < 4.78 is 5.56. The van der Waals surface area contributed by atoms with E-state index >= 15 is 0 Å². The number of aliphatic carboxylic acids is 1. The molecule has 0 bridgehead atoms. The molecule has 0 spiro atoms. The first kappa shape index (κ1) is 26.3. The number of alkyl carbamates (subject to hydrolysis) is 1. The Morgan fingerprint density at radius 2 is 1.54 bits per heavy atom. The zero-order chi connectivity index (χ0) is 25.4. The number of carbonyl (C=O) groups excluding carboxylic acids is 2. The highest BCUT2D eigenvalue weighted by Crippen LogP contribution is 2.44. The number of carboxylic acids is 1. The van der Waals surface area contributed by atoms with E-state index in [9.17, 15) is 14.4 Å². The molecule has 3 N–H and O–H groups in total. The molecule has 7 nitrogen and oxygen atoms in total. The fraction of sp³-hybridized carbons (Fsp3) is 0.464. The minimum absolute atomic E-state index is 0.0291. The molecule has 0 aromatic heterocycles. The highest BCUT2D eigenvalue weighted by atomic mass is 16.5. The van der Waals surface area contributed by atoms with E-state index in [1.54, 1.807) is 0 Å². The molecule has 35 heavy (non-hydrogen) atoms. The third-order valence-electron chi connectivity index (χ3n) is 6.66. The summed E-state index contributed by atoms with van der Waals surface area (Å²) in [5, 5.41) is 14.6. The quantitative estimate of drug-likeness (QED) is 0.399. The molecule has 1 aliphatic rings. The minimum Gasteiger partial charge on any atom is -0.481 e. The number of nitrogens with one attached hydrogen (secondary N) is 2. The second-order valence-corrected chi connectivity index (χ2v) is 9.70. The van der Waals surface area contributed by atoms with E-state index in [0.717, 1.165) is 6.42 Å². The number of ether oxygens (including phenoxy) is 1. The van der Waals surface area contributed by atoms with Gasteiger partial charge in [0.25, 0.3) is 0 Å². The second-order valence-electron chi connectivity index (χ2n) is 9.70. The normalized spacial score (nSPS) is 14.1. The lowest BCUT2D eigenvalue weighted by Crippen LogP contribution is -2.40. The molecule has 0 heterocycles. The molecule has 2 aromatic carbocycles. The van der Waals surface area contributed by atoms with Crippen molar-refractivity contribution in [3.63, 3.8) is 0 Å². The first-order valence-corrected chi connectivity index (χ1v) is 12.4. The van der Waals surface area contributed by atoms with Crippen LogP contribution in [0.3, 0.4) is 0 Å². The van der Waals surface area contributed by atoms with Gasteiger partial charge in [0, 0.05) is 24.9 Å². The maximum atomic E-state index is 12.3. The molecule has 1 aliphatic carbocycles. The number of carboxylic acid groups (broad SMARTS) is 1. The lowest BCUT2D eigenvalue weighted by molar-refractivity contribution is -0.138. The van der Waals surface area contributed by atoms with Crippen LogP contribution in [0.5, 0.6) is 0 Å². The molecule has 0 saturated heterocycles. The summed E-state index contributed by atoms with van der Waals surface area (Å²) in [4.78, 5) is 35.5. The van der Waals surface area contributed by atoms with E-state index in [1.165, 1.54) is 22.3 Å². The standard InChI is InChI=1S/C28H36N2O5/c1-18(2)25(16-27(32)33)30-26(31)13-12-19(3)14-15-29-28(34)35-17-24-22-10-6-4-8-20(22)21-9-5-7-11-23(21)24/h4-11,18-19,24-25H,12-17H2,1-3H3,(H,29,34)(H,30,31)(H,32,33)/t19?,25-/m0/s1. The fourth-order valence-corrected chi connectivity index (χ4v) is 4.51. The van der Waals surface area contributed by atoms with Crippen LogP contribution in [-0.2, 0) is 14.3 Å². The van der Waals surface area contributed by atoms with Gasteiger partial charge >= 0.3 is 12.1 Å². The molecule has 0 fully saturated rings. The number of rotatable bonds is 12. The van der Waals surface area contributed by atoms with Gasteiger partial charge in [-0.2, -0.15) is 0 Å². The summed E-state index contributed by atoms with van der Waals surface area (Å²) in [6, 6.07) is 16.1. The molecule has 2 atom stereocenters. The van der Waals surface area contributed by atoms with Crippen molar-refractivity contribution in [2.45, 2.75) is 58.4 Å². The van der Waals surface area contributed by atoms with Crippen LogP contribution < -0.4 is 10.6 Å². The van der Waals surface area contributed by atoms with Gasteiger partial charge in [-0.05, 0) is 46.9 Å². The predicted molar refractivity (Wildman–Crippen MR) is 135 cm³/mol. The van der Waals surface area contributed by atoms with E-state index in [1.807, 2.05) is 45.0 Å². The Bertz CT molecular complexity index is 990. The average Bonchev–Trinajstić information content (AvgIpc) is 3.14. The van der Waals surface area contributed by atoms with Crippen LogP contribution in [-0.4, -0.2) is 42.3 Å². The second kappa shape index (κ2) is 12.4. The molecule has 188 valence electrons. The number of amides is 2. The van der Waals surface area contributed by atoms with Gasteiger partial charge in [-0.15, -0.1) is 0 Å². The molecule has 7 heteroatoms. The molecular weight excluding hydrogens is 444 g/mol. The number of fused-ring (bicyclic) bond motifs is 3. The van der Waals surface area contributed by atoms with E-state index in [2.05, 4.69) is 34.9 Å². The first-order valence-electron chi connectivity index (χ1n) is 12.4. The van der Waals surface area contributed by atoms with Crippen LogP contribution in [0.4, 0.5) is 4.79 Å². The largest absolute Gasteiger partial charge is 0.481 e. The Hall–Kier alpha value is -3.35. The van der Waals surface area contributed by atoms with Crippen molar-refractivity contribution >= 4 is 18.0 Å². The Morgan fingerprint density at radius 1 is 0.943 bits per heavy atom. The summed E-state index contributed by atoms with van der Waals surface area (Å²) in [6.45, 7) is 6.57.